The van der Waals surface area contributed by atoms with Crippen molar-refractivity contribution in [2.45, 2.75) is 13.8 Å². The van der Waals surface area contributed by atoms with E-state index in [1.54, 1.807) is 0 Å². The van der Waals surface area contributed by atoms with E-state index in [1.807, 2.05) is 50.2 Å². The fourth-order valence-corrected chi connectivity index (χ4v) is 7.77. The summed E-state index contributed by atoms with van der Waals surface area (Å²) in [7, 11) is 0. The first-order chi connectivity index (χ1) is 28.1. The molecule has 0 unspecified atom stereocenters. The third-order valence-corrected chi connectivity index (χ3v) is 10.6. The molecule has 10 aromatic rings. The molecule has 0 saturated heterocycles. The number of rotatable bonds is 7. The highest BCUT2D eigenvalue weighted by atomic mass is 16.3. The Morgan fingerprint density at radius 2 is 0.860 bits per heavy atom. The van der Waals surface area contributed by atoms with Crippen molar-refractivity contribution in [3.8, 4) is 78.7 Å². The number of hydrogen-bond acceptors (Lipinski definition) is 5. The summed E-state index contributed by atoms with van der Waals surface area (Å²) in [6.07, 6.45) is 0. The summed E-state index contributed by atoms with van der Waals surface area (Å²) in [5, 5.41) is 2.14. The average Bonchev–Trinajstić information content (AvgIpc) is 3.65. The van der Waals surface area contributed by atoms with Crippen LogP contribution in [0.5, 0.6) is 0 Å². The van der Waals surface area contributed by atoms with E-state index in [1.165, 1.54) is 33.4 Å². The van der Waals surface area contributed by atoms with Gasteiger partial charge in [0.15, 0.2) is 17.5 Å². The first-order valence-corrected chi connectivity index (χ1v) is 19.1. The molecule has 5 nitrogen and oxygen atoms in total. The van der Waals surface area contributed by atoms with Crippen LogP contribution in [0.15, 0.2) is 186 Å². The van der Waals surface area contributed by atoms with E-state index in [0.29, 0.717) is 17.5 Å². The molecule has 0 atom stereocenters. The minimum atomic E-state index is 0.568. The highest BCUT2D eigenvalue weighted by Gasteiger charge is 2.19. The largest absolute Gasteiger partial charge is 0.456 e. The summed E-state index contributed by atoms with van der Waals surface area (Å²) >= 11 is 0. The van der Waals surface area contributed by atoms with Gasteiger partial charge >= 0.3 is 0 Å². The van der Waals surface area contributed by atoms with Crippen molar-refractivity contribution in [2.75, 3.05) is 0 Å². The van der Waals surface area contributed by atoms with Crippen molar-refractivity contribution in [1.29, 1.82) is 0 Å². The second kappa shape index (κ2) is 14.3. The van der Waals surface area contributed by atoms with Crippen LogP contribution in [-0.4, -0.2) is 19.9 Å². The Morgan fingerprint density at radius 3 is 1.51 bits per heavy atom. The first kappa shape index (κ1) is 34.0. The molecule has 0 aliphatic rings. The van der Waals surface area contributed by atoms with Crippen LogP contribution in [0.3, 0.4) is 0 Å². The van der Waals surface area contributed by atoms with E-state index in [9.17, 15) is 0 Å². The van der Waals surface area contributed by atoms with Gasteiger partial charge in [-0.3, -0.25) is 4.98 Å². The fraction of sp³-hybridized carbons (Fsp3) is 0.0385. The maximum Gasteiger partial charge on any atom is 0.165 e. The molecule has 270 valence electrons. The maximum atomic E-state index is 6.26. The van der Waals surface area contributed by atoms with Crippen LogP contribution < -0.4 is 0 Å². The molecule has 10 rings (SSSR count). The minimum Gasteiger partial charge on any atom is -0.456 e. The van der Waals surface area contributed by atoms with E-state index in [-0.39, 0.29) is 0 Å². The van der Waals surface area contributed by atoms with E-state index in [2.05, 4.69) is 146 Å². The summed E-state index contributed by atoms with van der Waals surface area (Å²) in [5.41, 5.74) is 15.3. The highest BCUT2D eigenvalue weighted by Crippen LogP contribution is 2.43. The lowest BCUT2D eigenvalue weighted by Crippen LogP contribution is -2.02. The number of nitrogens with zero attached hydrogens (tertiary/aromatic N) is 4. The number of aryl methyl sites for hydroxylation is 2. The van der Waals surface area contributed by atoms with Gasteiger partial charge in [0.1, 0.15) is 11.2 Å². The maximum absolute atomic E-state index is 6.26. The lowest BCUT2D eigenvalue weighted by Gasteiger charge is -2.19. The van der Waals surface area contributed by atoms with Gasteiger partial charge in [-0.25, -0.2) is 15.0 Å². The van der Waals surface area contributed by atoms with Crippen LogP contribution in [0.4, 0.5) is 0 Å². The van der Waals surface area contributed by atoms with Gasteiger partial charge in [0.25, 0.3) is 0 Å². The van der Waals surface area contributed by atoms with Gasteiger partial charge in [-0.15, -0.1) is 0 Å². The van der Waals surface area contributed by atoms with Crippen LogP contribution in [-0.2, 0) is 0 Å². The molecule has 57 heavy (non-hydrogen) atoms. The molecule has 0 aliphatic carbocycles. The standard InChI is InChI=1S/C52H36N4O/c1-33-22-28-42(34(2)53-33)52-55-50(54-51(56-52)40-27-29-44-43-20-12-13-21-47(43)57-48(44)32-40)39-25-23-35(24-26-39)41-30-45(36-14-6-3-7-15-36)49(38-18-10-5-11-19-38)46(31-41)37-16-8-4-9-17-37/h3-32H,1-2H3. The van der Waals surface area contributed by atoms with Crippen LogP contribution in [0.1, 0.15) is 11.4 Å². The predicted octanol–water partition coefficient (Wildman–Crippen LogP) is 13.5. The van der Waals surface area contributed by atoms with Gasteiger partial charge in [-0.1, -0.05) is 140 Å². The van der Waals surface area contributed by atoms with Crippen LogP contribution in [0, 0.1) is 13.8 Å². The molecular weight excluding hydrogens is 697 g/mol. The summed E-state index contributed by atoms with van der Waals surface area (Å²) in [6, 6.07) is 63.5. The zero-order valence-corrected chi connectivity index (χ0v) is 31.5. The normalized spacial score (nSPS) is 11.3. The van der Waals surface area contributed by atoms with E-state index < -0.39 is 0 Å². The van der Waals surface area contributed by atoms with Crippen LogP contribution >= 0.6 is 0 Å². The van der Waals surface area contributed by atoms with Gasteiger partial charge in [-0.05, 0) is 101 Å². The van der Waals surface area contributed by atoms with E-state index >= 15 is 0 Å². The second-order valence-corrected chi connectivity index (χ2v) is 14.3. The Hall–Kier alpha value is -7.50. The third-order valence-electron chi connectivity index (χ3n) is 10.6. The van der Waals surface area contributed by atoms with Crippen molar-refractivity contribution in [3.63, 3.8) is 0 Å². The fourth-order valence-electron chi connectivity index (χ4n) is 7.77. The highest BCUT2D eigenvalue weighted by molar-refractivity contribution is 6.05. The molecule has 0 fully saturated rings. The van der Waals surface area contributed by atoms with Crippen molar-refractivity contribution in [1.82, 2.24) is 19.9 Å². The van der Waals surface area contributed by atoms with Crippen LogP contribution in [0.2, 0.25) is 0 Å². The first-order valence-electron chi connectivity index (χ1n) is 19.1. The van der Waals surface area contributed by atoms with Crippen molar-refractivity contribution < 1.29 is 4.42 Å². The quantitative estimate of drug-likeness (QED) is 0.163. The zero-order chi connectivity index (χ0) is 38.3. The van der Waals surface area contributed by atoms with Crippen molar-refractivity contribution in [3.05, 3.63) is 193 Å². The van der Waals surface area contributed by atoms with Gasteiger partial charge in [0.05, 0.1) is 0 Å². The molecule has 3 aromatic heterocycles. The topological polar surface area (TPSA) is 64.7 Å². The van der Waals surface area contributed by atoms with Crippen molar-refractivity contribution in [2.24, 2.45) is 0 Å². The van der Waals surface area contributed by atoms with Crippen LogP contribution in [0.25, 0.3) is 101 Å². The third kappa shape index (κ3) is 6.45. The molecule has 0 amide bonds. The lowest BCUT2D eigenvalue weighted by molar-refractivity contribution is 0.669. The number of fused-ring (bicyclic) bond motifs is 3. The molecule has 0 spiro atoms. The van der Waals surface area contributed by atoms with Gasteiger partial charge in [0, 0.05) is 38.9 Å². The van der Waals surface area contributed by atoms with Gasteiger partial charge < -0.3 is 4.42 Å². The number of furan rings is 1. The molecule has 3 heterocycles. The van der Waals surface area contributed by atoms with E-state index in [0.717, 1.165) is 61.1 Å². The molecular formula is C52H36N4O. The summed E-state index contributed by atoms with van der Waals surface area (Å²) in [5.74, 6) is 1.73. The number of para-hydroxylation sites is 1. The minimum absolute atomic E-state index is 0.568. The summed E-state index contributed by atoms with van der Waals surface area (Å²) < 4.78 is 6.26. The van der Waals surface area contributed by atoms with Gasteiger partial charge in [-0.2, -0.15) is 0 Å². The Kier molecular flexibility index (Phi) is 8.53. The zero-order valence-electron chi connectivity index (χ0n) is 31.5. The lowest BCUT2D eigenvalue weighted by atomic mass is 9.84. The smallest absolute Gasteiger partial charge is 0.165 e. The summed E-state index contributed by atoms with van der Waals surface area (Å²) in [4.78, 5) is 19.9. The average molecular weight is 733 g/mol. The molecule has 0 N–H and O–H groups in total. The Bertz CT molecular complexity index is 3000. The Balaban J connectivity index is 1.11. The van der Waals surface area contributed by atoms with Crippen molar-refractivity contribution >= 4 is 21.9 Å². The predicted molar refractivity (Wildman–Crippen MR) is 232 cm³/mol. The molecule has 0 bridgehead atoms. The molecule has 5 heteroatoms. The monoisotopic (exact) mass is 732 g/mol. The molecule has 7 aromatic carbocycles. The number of pyridine rings is 1. The number of benzene rings is 7. The number of hydrogen-bond donors (Lipinski definition) is 0. The molecule has 0 aliphatic heterocycles. The molecule has 0 radical (unpaired) electrons. The number of aromatic nitrogens is 4. The van der Waals surface area contributed by atoms with E-state index in [4.69, 9.17) is 24.4 Å². The summed E-state index contributed by atoms with van der Waals surface area (Å²) in [6.45, 7) is 3.99. The Morgan fingerprint density at radius 1 is 0.333 bits per heavy atom. The SMILES string of the molecule is Cc1ccc(-c2nc(-c3ccc(-c4cc(-c5ccccc5)c(-c5ccccc5)c(-c5ccccc5)c4)cc3)nc(-c3ccc4c(c3)oc3ccccc34)n2)c(C)n1. The second-order valence-electron chi connectivity index (χ2n) is 14.3. The Labute approximate surface area is 331 Å². The van der Waals surface area contributed by atoms with Gasteiger partial charge in [0.2, 0.25) is 0 Å². The molecule has 0 saturated carbocycles.